The normalized spacial score (nSPS) is 19.5. The molecule has 1 saturated heterocycles. The zero-order valence-electron chi connectivity index (χ0n) is 10.1. The van der Waals surface area contributed by atoms with Crippen LogP contribution in [-0.4, -0.2) is 32.2 Å². The van der Waals surface area contributed by atoms with Gasteiger partial charge in [0, 0.05) is 18.1 Å². The summed E-state index contributed by atoms with van der Waals surface area (Å²) in [6.45, 7) is 4.31. The standard InChI is InChI=1S/C14H18O3/c1-11-4-2-3-5-13(11)14(15)10-17-9-12-6-7-16-8-12/h2-5,12H,6-10H2,1H3. The molecule has 0 aromatic heterocycles. The van der Waals surface area contributed by atoms with Crippen LogP contribution >= 0.6 is 0 Å². The monoisotopic (exact) mass is 234 g/mol. The highest BCUT2D eigenvalue weighted by Crippen LogP contribution is 2.13. The van der Waals surface area contributed by atoms with Crippen LogP contribution in [0.1, 0.15) is 22.3 Å². The maximum absolute atomic E-state index is 11.9. The summed E-state index contributed by atoms with van der Waals surface area (Å²) in [6.07, 6.45) is 1.04. The van der Waals surface area contributed by atoms with E-state index in [9.17, 15) is 4.79 Å². The molecule has 1 aromatic rings. The van der Waals surface area contributed by atoms with Gasteiger partial charge in [0.2, 0.25) is 0 Å². The Bertz CT molecular complexity index is 381. The molecule has 1 aliphatic heterocycles. The molecule has 0 amide bonds. The van der Waals surface area contributed by atoms with Gasteiger partial charge in [-0.1, -0.05) is 24.3 Å². The van der Waals surface area contributed by atoms with Gasteiger partial charge in [-0.05, 0) is 18.9 Å². The molecule has 1 aliphatic rings. The highest BCUT2D eigenvalue weighted by atomic mass is 16.5. The number of ketones is 1. The third-order valence-electron chi connectivity index (χ3n) is 3.06. The van der Waals surface area contributed by atoms with E-state index < -0.39 is 0 Å². The van der Waals surface area contributed by atoms with Crippen molar-refractivity contribution >= 4 is 5.78 Å². The number of Topliss-reactive ketones (excluding diaryl/α,β-unsaturated/α-hetero) is 1. The summed E-state index contributed by atoms with van der Waals surface area (Å²) in [5, 5.41) is 0. The van der Waals surface area contributed by atoms with Crippen LogP contribution in [0.2, 0.25) is 0 Å². The number of hydrogen-bond acceptors (Lipinski definition) is 3. The number of rotatable bonds is 5. The second-order valence-corrected chi connectivity index (χ2v) is 4.48. The van der Waals surface area contributed by atoms with Crippen LogP contribution in [0.15, 0.2) is 24.3 Å². The first kappa shape index (κ1) is 12.3. The van der Waals surface area contributed by atoms with Crippen molar-refractivity contribution < 1.29 is 14.3 Å². The van der Waals surface area contributed by atoms with Gasteiger partial charge < -0.3 is 9.47 Å². The van der Waals surface area contributed by atoms with Crippen LogP contribution in [0.5, 0.6) is 0 Å². The van der Waals surface area contributed by atoms with Crippen molar-refractivity contribution in [3.63, 3.8) is 0 Å². The lowest BCUT2D eigenvalue weighted by Crippen LogP contribution is -2.15. The predicted molar refractivity (Wildman–Crippen MR) is 65.3 cm³/mol. The van der Waals surface area contributed by atoms with Crippen molar-refractivity contribution in [1.82, 2.24) is 0 Å². The molecular formula is C14H18O3. The average Bonchev–Trinajstić information content (AvgIpc) is 2.82. The van der Waals surface area contributed by atoms with Crippen LogP contribution in [0.25, 0.3) is 0 Å². The summed E-state index contributed by atoms with van der Waals surface area (Å²) in [7, 11) is 0. The van der Waals surface area contributed by atoms with Gasteiger partial charge in [0.15, 0.2) is 5.78 Å². The topological polar surface area (TPSA) is 35.5 Å². The first-order valence-corrected chi connectivity index (χ1v) is 6.01. The summed E-state index contributed by atoms with van der Waals surface area (Å²) in [5.41, 5.74) is 1.76. The maximum Gasteiger partial charge on any atom is 0.188 e. The molecule has 3 nitrogen and oxygen atoms in total. The Morgan fingerprint density at radius 1 is 1.47 bits per heavy atom. The number of ether oxygens (including phenoxy) is 2. The van der Waals surface area contributed by atoms with E-state index in [0.717, 1.165) is 30.8 Å². The molecule has 1 fully saturated rings. The SMILES string of the molecule is Cc1ccccc1C(=O)COCC1CCOC1. The molecule has 0 radical (unpaired) electrons. The minimum absolute atomic E-state index is 0.0574. The number of carbonyl (C=O) groups is 1. The minimum Gasteiger partial charge on any atom is -0.381 e. The third kappa shape index (κ3) is 3.38. The zero-order chi connectivity index (χ0) is 12.1. The van der Waals surface area contributed by atoms with Gasteiger partial charge in [-0.2, -0.15) is 0 Å². The molecule has 0 spiro atoms. The lowest BCUT2D eigenvalue weighted by molar-refractivity contribution is 0.0651. The Labute approximate surface area is 102 Å². The zero-order valence-corrected chi connectivity index (χ0v) is 10.1. The largest absolute Gasteiger partial charge is 0.381 e. The van der Waals surface area contributed by atoms with Crippen molar-refractivity contribution in [2.45, 2.75) is 13.3 Å². The fourth-order valence-corrected chi connectivity index (χ4v) is 2.00. The fourth-order valence-electron chi connectivity index (χ4n) is 2.00. The molecule has 0 N–H and O–H groups in total. The average molecular weight is 234 g/mol. The maximum atomic E-state index is 11.9. The predicted octanol–water partition coefficient (Wildman–Crippen LogP) is 2.23. The van der Waals surface area contributed by atoms with Crippen molar-refractivity contribution in [3.8, 4) is 0 Å². The molecule has 1 aromatic carbocycles. The molecule has 92 valence electrons. The molecular weight excluding hydrogens is 216 g/mol. The summed E-state index contributed by atoms with van der Waals surface area (Å²) in [4.78, 5) is 11.9. The second-order valence-electron chi connectivity index (χ2n) is 4.48. The van der Waals surface area contributed by atoms with E-state index in [0.29, 0.717) is 12.5 Å². The van der Waals surface area contributed by atoms with Crippen molar-refractivity contribution in [2.24, 2.45) is 5.92 Å². The van der Waals surface area contributed by atoms with Crippen LogP contribution in [0.4, 0.5) is 0 Å². The highest BCUT2D eigenvalue weighted by Gasteiger charge is 2.16. The number of hydrogen-bond donors (Lipinski definition) is 0. The fraction of sp³-hybridized carbons (Fsp3) is 0.500. The van der Waals surface area contributed by atoms with Crippen LogP contribution < -0.4 is 0 Å². The quantitative estimate of drug-likeness (QED) is 0.733. The molecule has 2 rings (SSSR count). The molecule has 0 saturated carbocycles. The van der Waals surface area contributed by atoms with Gasteiger partial charge in [-0.15, -0.1) is 0 Å². The Hall–Kier alpha value is -1.19. The van der Waals surface area contributed by atoms with Gasteiger partial charge in [0.05, 0.1) is 13.2 Å². The summed E-state index contributed by atoms with van der Waals surface area (Å²) in [5.74, 6) is 0.515. The molecule has 0 bridgehead atoms. The van der Waals surface area contributed by atoms with Gasteiger partial charge in [-0.25, -0.2) is 0 Å². The number of carbonyl (C=O) groups excluding carboxylic acids is 1. The summed E-state index contributed by atoms with van der Waals surface area (Å²) >= 11 is 0. The number of aryl methyl sites for hydroxylation is 1. The molecule has 3 heteroatoms. The van der Waals surface area contributed by atoms with Crippen LogP contribution in [0, 0.1) is 12.8 Å². The Morgan fingerprint density at radius 3 is 3.00 bits per heavy atom. The van der Waals surface area contributed by atoms with Gasteiger partial charge in [0.25, 0.3) is 0 Å². The molecule has 0 aliphatic carbocycles. The summed E-state index contributed by atoms with van der Waals surface area (Å²) in [6, 6.07) is 7.60. The van der Waals surface area contributed by atoms with Gasteiger partial charge >= 0.3 is 0 Å². The van der Waals surface area contributed by atoms with E-state index >= 15 is 0 Å². The Kier molecular flexibility index (Phi) is 4.29. The minimum atomic E-state index is 0.0574. The molecule has 1 unspecified atom stereocenters. The smallest absolute Gasteiger partial charge is 0.188 e. The first-order valence-electron chi connectivity index (χ1n) is 6.01. The van der Waals surface area contributed by atoms with Crippen molar-refractivity contribution in [1.29, 1.82) is 0 Å². The molecule has 1 heterocycles. The molecule has 1 atom stereocenters. The van der Waals surface area contributed by atoms with Gasteiger partial charge in [-0.3, -0.25) is 4.79 Å². The van der Waals surface area contributed by atoms with E-state index in [1.54, 1.807) is 0 Å². The first-order chi connectivity index (χ1) is 8.27. The van der Waals surface area contributed by atoms with Crippen LogP contribution in [0.3, 0.4) is 0 Å². The van der Waals surface area contributed by atoms with E-state index in [4.69, 9.17) is 9.47 Å². The number of benzene rings is 1. The van der Waals surface area contributed by atoms with Crippen molar-refractivity contribution in [3.05, 3.63) is 35.4 Å². The second kappa shape index (κ2) is 5.94. The Balaban J connectivity index is 1.79. The third-order valence-corrected chi connectivity index (χ3v) is 3.06. The van der Waals surface area contributed by atoms with Crippen LogP contribution in [-0.2, 0) is 9.47 Å². The summed E-state index contributed by atoms with van der Waals surface area (Å²) < 4.78 is 10.7. The highest BCUT2D eigenvalue weighted by molar-refractivity contribution is 5.98. The van der Waals surface area contributed by atoms with Crippen molar-refractivity contribution in [2.75, 3.05) is 26.4 Å². The lowest BCUT2D eigenvalue weighted by atomic mass is 10.1. The lowest BCUT2D eigenvalue weighted by Gasteiger charge is -2.09. The van der Waals surface area contributed by atoms with Gasteiger partial charge in [0.1, 0.15) is 6.61 Å². The van der Waals surface area contributed by atoms with E-state index in [1.807, 2.05) is 31.2 Å². The van der Waals surface area contributed by atoms with E-state index in [1.165, 1.54) is 0 Å². The molecule has 17 heavy (non-hydrogen) atoms. The van der Waals surface area contributed by atoms with E-state index in [2.05, 4.69) is 0 Å². The van der Waals surface area contributed by atoms with E-state index in [-0.39, 0.29) is 12.4 Å². The Morgan fingerprint density at radius 2 is 2.29 bits per heavy atom.